The van der Waals surface area contributed by atoms with Crippen LogP contribution >= 0.6 is 23.1 Å². The van der Waals surface area contributed by atoms with Gasteiger partial charge in [-0.1, -0.05) is 42.1 Å². The molecule has 2 aromatic carbocycles. The van der Waals surface area contributed by atoms with Crippen LogP contribution in [0.4, 0.5) is 0 Å². The van der Waals surface area contributed by atoms with Crippen LogP contribution in [0, 0.1) is 0 Å². The lowest BCUT2D eigenvalue weighted by atomic mass is 10.2. The highest BCUT2D eigenvalue weighted by molar-refractivity contribution is 7.98. The Morgan fingerprint density at radius 3 is 2.72 bits per heavy atom. The third-order valence-electron chi connectivity index (χ3n) is 4.07. The lowest BCUT2D eigenvalue weighted by molar-refractivity contribution is 0.0691. The summed E-state index contributed by atoms with van der Waals surface area (Å²) in [5.74, 6) is 0.914. The number of aromatic nitrogens is 4. The van der Waals surface area contributed by atoms with Crippen molar-refractivity contribution in [3.63, 3.8) is 0 Å². The zero-order chi connectivity index (χ0) is 20.2. The molecule has 4 aromatic rings. The van der Waals surface area contributed by atoms with Crippen molar-refractivity contribution in [1.29, 1.82) is 0 Å². The number of hydrogen-bond donors (Lipinski definition) is 1. The monoisotopic (exact) mass is 424 g/mol. The van der Waals surface area contributed by atoms with E-state index in [4.69, 9.17) is 9.84 Å². The second-order valence-corrected chi connectivity index (χ2v) is 7.81. The SMILES string of the molecule is COc1cccc(-c2nnc(SCc3nc(C(=O)O)cs3)n2-c2ccccc2)c1. The van der Waals surface area contributed by atoms with E-state index in [-0.39, 0.29) is 5.69 Å². The summed E-state index contributed by atoms with van der Waals surface area (Å²) in [7, 11) is 1.63. The first kappa shape index (κ1) is 19.2. The molecule has 4 rings (SSSR count). The second kappa shape index (κ2) is 8.46. The molecule has 0 amide bonds. The van der Waals surface area contributed by atoms with Crippen LogP contribution in [0.15, 0.2) is 65.1 Å². The molecule has 146 valence electrons. The Balaban J connectivity index is 1.70. The van der Waals surface area contributed by atoms with Gasteiger partial charge in [0.25, 0.3) is 0 Å². The van der Waals surface area contributed by atoms with Crippen LogP contribution in [-0.2, 0) is 5.75 Å². The Kier molecular flexibility index (Phi) is 5.59. The van der Waals surface area contributed by atoms with Gasteiger partial charge in [0.2, 0.25) is 0 Å². The maximum absolute atomic E-state index is 11.0. The minimum atomic E-state index is -1.02. The molecule has 0 aliphatic heterocycles. The Hall–Kier alpha value is -3.17. The molecule has 0 aliphatic carbocycles. The molecule has 7 nitrogen and oxygen atoms in total. The predicted molar refractivity (Wildman–Crippen MR) is 112 cm³/mol. The molecule has 0 atom stereocenters. The number of carboxylic acid groups (broad SMARTS) is 1. The van der Waals surface area contributed by atoms with Crippen molar-refractivity contribution in [3.8, 4) is 22.8 Å². The molecule has 0 aliphatic rings. The van der Waals surface area contributed by atoms with Crippen molar-refractivity contribution in [1.82, 2.24) is 19.7 Å². The first-order chi connectivity index (χ1) is 14.2. The number of hydrogen-bond acceptors (Lipinski definition) is 7. The van der Waals surface area contributed by atoms with Crippen molar-refractivity contribution in [2.24, 2.45) is 0 Å². The molecule has 0 bridgehead atoms. The van der Waals surface area contributed by atoms with Gasteiger partial charge in [-0.15, -0.1) is 21.5 Å². The van der Waals surface area contributed by atoms with Gasteiger partial charge in [-0.25, -0.2) is 9.78 Å². The molecule has 0 saturated heterocycles. The van der Waals surface area contributed by atoms with E-state index in [2.05, 4.69) is 15.2 Å². The number of thioether (sulfide) groups is 1. The molecular formula is C20H16N4O3S2. The highest BCUT2D eigenvalue weighted by Gasteiger charge is 2.17. The molecule has 0 spiro atoms. The second-order valence-electron chi connectivity index (χ2n) is 5.93. The maximum atomic E-state index is 11.0. The van der Waals surface area contributed by atoms with Gasteiger partial charge in [0.15, 0.2) is 16.7 Å². The van der Waals surface area contributed by atoms with Crippen molar-refractivity contribution in [3.05, 3.63) is 70.7 Å². The van der Waals surface area contributed by atoms with Crippen molar-refractivity contribution >= 4 is 29.1 Å². The van der Waals surface area contributed by atoms with E-state index in [1.165, 1.54) is 23.1 Å². The fourth-order valence-corrected chi connectivity index (χ4v) is 4.46. The van der Waals surface area contributed by atoms with Crippen molar-refractivity contribution in [2.45, 2.75) is 10.9 Å². The number of methoxy groups -OCH3 is 1. The summed E-state index contributed by atoms with van der Waals surface area (Å²) >= 11 is 2.78. The number of carboxylic acids is 1. The molecule has 2 heterocycles. The Morgan fingerprint density at radius 2 is 2.00 bits per heavy atom. The molecule has 0 fully saturated rings. The van der Waals surface area contributed by atoms with E-state index < -0.39 is 5.97 Å². The number of ether oxygens (including phenoxy) is 1. The molecule has 1 N–H and O–H groups in total. The summed E-state index contributed by atoms with van der Waals surface area (Å²) in [6, 6.07) is 17.5. The zero-order valence-electron chi connectivity index (χ0n) is 15.3. The van der Waals surface area contributed by atoms with E-state index in [1.54, 1.807) is 12.5 Å². The van der Waals surface area contributed by atoms with Crippen LogP contribution in [0.1, 0.15) is 15.5 Å². The largest absolute Gasteiger partial charge is 0.497 e. The van der Waals surface area contributed by atoms with Gasteiger partial charge < -0.3 is 9.84 Å². The smallest absolute Gasteiger partial charge is 0.355 e. The number of carbonyl (C=O) groups is 1. The Bertz CT molecular complexity index is 1140. The van der Waals surface area contributed by atoms with Crippen molar-refractivity contribution < 1.29 is 14.6 Å². The third-order valence-corrected chi connectivity index (χ3v) is 6.04. The van der Waals surface area contributed by atoms with Crippen LogP contribution in [0.5, 0.6) is 5.75 Å². The lowest BCUT2D eigenvalue weighted by Gasteiger charge is -2.10. The number of thiazole rings is 1. The standard InChI is InChI=1S/C20H16N4O3S2/c1-27-15-9-5-6-13(10-15)18-22-23-20(24(18)14-7-3-2-4-8-14)29-12-17-21-16(11-28-17)19(25)26/h2-11H,12H2,1H3,(H,25,26). The summed E-state index contributed by atoms with van der Waals surface area (Å²) in [6.45, 7) is 0. The summed E-state index contributed by atoms with van der Waals surface area (Å²) < 4.78 is 7.32. The summed E-state index contributed by atoms with van der Waals surface area (Å²) in [5.41, 5.74) is 1.88. The predicted octanol–water partition coefficient (Wildman–Crippen LogP) is 4.39. The Labute approximate surface area is 175 Å². The summed E-state index contributed by atoms with van der Waals surface area (Å²) in [6.07, 6.45) is 0. The van der Waals surface area contributed by atoms with Gasteiger partial charge in [0, 0.05) is 16.6 Å². The first-order valence-electron chi connectivity index (χ1n) is 8.61. The molecule has 9 heteroatoms. The Morgan fingerprint density at radius 1 is 1.17 bits per heavy atom. The average Bonchev–Trinajstić information content (AvgIpc) is 3.40. The van der Waals surface area contributed by atoms with Gasteiger partial charge in [-0.3, -0.25) is 4.57 Å². The van der Waals surface area contributed by atoms with Crippen LogP contribution in [0.3, 0.4) is 0 Å². The molecule has 0 saturated carbocycles. The van der Waals surface area contributed by atoms with E-state index >= 15 is 0 Å². The summed E-state index contributed by atoms with van der Waals surface area (Å²) in [5, 5.41) is 20.8. The van der Waals surface area contributed by atoms with Gasteiger partial charge in [-0.05, 0) is 24.3 Å². The molecule has 29 heavy (non-hydrogen) atoms. The minimum absolute atomic E-state index is 0.0622. The lowest BCUT2D eigenvalue weighted by Crippen LogP contribution is -2.00. The van der Waals surface area contributed by atoms with Crippen LogP contribution < -0.4 is 4.74 Å². The number of para-hydroxylation sites is 1. The van der Waals surface area contributed by atoms with Gasteiger partial charge in [0.1, 0.15) is 10.8 Å². The number of aromatic carboxylic acids is 1. The van der Waals surface area contributed by atoms with E-state index in [0.717, 1.165) is 22.0 Å². The summed E-state index contributed by atoms with van der Waals surface area (Å²) in [4.78, 5) is 15.2. The number of benzene rings is 2. The topological polar surface area (TPSA) is 90.1 Å². The fourth-order valence-electron chi connectivity index (χ4n) is 2.72. The third kappa shape index (κ3) is 4.15. The minimum Gasteiger partial charge on any atom is -0.497 e. The van der Waals surface area contributed by atoms with E-state index in [1.807, 2.05) is 59.2 Å². The number of nitrogens with zero attached hydrogens (tertiary/aromatic N) is 4. The number of rotatable bonds is 7. The zero-order valence-corrected chi connectivity index (χ0v) is 17.0. The maximum Gasteiger partial charge on any atom is 0.355 e. The normalized spacial score (nSPS) is 10.8. The van der Waals surface area contributed by atoms with Crippen LogP contribution in [0.2, 0.25) is 0 Å². The highest BCUT2D eigenvalue weighted by Crippen LogP contribution is 2.31. The highest BCUT2D eigenvalue weighted by atomic mass is 32.2. The first-order valence-corrected chi connectivity index (χ1v) is 10.5. The van der Waals surface area contributed by atoms with Gasteiger partial charge >= 0.3 is 5.97 Å². The van der Waals surface area contributed by atoms with Gasteiger partial charge in [-0.2, -0.15) is 0 Å². The molecule has 2 aromatic heterocycles. The molecule has 0 radical (unpaired) electrons. The van der Waals surface area contributed by atoms with Crippen LogP contribution in [-0.4, -0.2) is 37.9 Å². The quantitative estimate of drug-likeness (QED) is 0.440. The van der Waals surface area contributed by atoms with E-state index in [9.17, 15) is 4.79 Å². The van der Waals surface area contributed by atoms with Crippen LogP contribution in [0.25, 0.3) is 17.1 Å². The molecular weight excluding hydrogens is 408 g/mol. The van der Waals surface area contributed by atoms with E-state index in [0.29, 0.717) is 16.7 Å². The average molecular weight is 425 g/mol. The fraction of sp³-hybridized carbons (Fsp3) is 0.100. The van der Waals surface area contributed by atoms with Crippen molar-refractivity contribution in [2.75, 3.05) is 7.11 Å². The van der Waals surface area contributed by atoms with Gasteiger partial charge in [0.05, 0.1) is 12.9 Å². The molecule has 0 unspecified atom stereocenters.